The number of nitrogens with one attached hydrogen (secondary N) is 1. The monoisotopic (exact) mass is 566 g/mol. The Labute approximate surface area is 236 Å². The predicted molar refractivity (Wildman–Crippen MR) is 155 cm³/mol. The molecule has 2 aromatic heterocycles. The molecule has 0 radical (unpaired) electrons. The lowest BCUT2D eigenvalue weighted by atomic mass is 9.96. The number of amides is 2. The number of nitrogens with zero attached hydrogens (tertiary/aromatic N) is 4. The van der Waals surface area contributed by atoms with E-state index < -0.39 is 11.8 Å². The number of carbonyl (C=O) groups excluding carboxylic acids is 1. The van der Waals surface area contributed by atoms with Crippen molar-refractivity contribution in [3.63, 3.8) is 0 Å². The molecule has 3 N–H and O–H groups in total. The smallest absolute Gasteiger partial charge is 0.316 e. The number of fused-ring (bicyclic) bond motifs is 1. The number of nitrogens with two attached hydrogens (primary N) is 1. The Morgan fingerprint density at radius 1 is 1.15 bits per heavy atom. The van der Waals surface area contributed by atoms with Crippen molar-refractivity contribution in [2.24, 2.45) is 5.73 Å². The number of hydrogen-bond acceptors (Lipinski definition) is 4. The summed E-state index contributed by atoms with van der Waals surface area (Å²) in [5.74, 6) is 0.0583. The van der Waals surface area contributed by atoms with Crippen molar-refractivity contribution < 1.29 is 9.18 Å². The van der Waals surface area contributed by atoms with Gasteiger partial charge in [0.2, 0.25) is 0 Å². The summed E-state index contributed by atoms with van der Waals surface area (Å²) in [7, 11) is 0. The minimum Gasteiger partial charge on any atom is -0.351 e. The number of pyridine rings is 1. The molecule has 202 valence electrons. The van der Waals surface area contributed by atoms with Crippen LogP contribution in [-0.2, 0) is 25.8 Å². The highest BCUT2D eigenvalue weighted by molar-refractivity contribution is 6.36. The molecular weight excluding hydrogens is 538 g/mol. The third-order valence-electron chi connectivity index (χ3n) is 7.13. The van der Waals surface area contributed by atoms with E-state index >= 15 is 4.39 Å². The maximum atomic E-state index is 15.3. The van der Waals surface area contributed by atoms with Crippen molar-refractivity contribution in [1.82, 2.24) is 14.8 Å². The molecule has 7 nitrogen and oxygen atoms in total. The molecule has 2 aromatic carbocycles. The van der Waals surface area contributed by atoms with Gasteiger partial charge in [-0.2, -0.15) is 5.10 Å². The van der Waals surface area contributed by atoms with Gasteiger partial charge in [0.25, 0.3) is 0 Å². The molecule has 0 atom stereocenters. The van der Waals surface area contributed by atoms with Crippen molar-refractivity contribution in [2.45, 2.75) is 46.6 Å². The van der Waals surface area contributed by atoms with Crippen LogP contribution in [0.15, 0.2) is 42.6 Å². The van der Waals surface area contributed by atoms with Crippen molar-refractivity contribution in [3.05, 3.63) is 86.4 Å². The van der Waals surface area contributed by atoms with Crippen LogP contribution in [-0.4, -0.2) is 27.3 Å². The summed E-state index contributed by atoms with van der Waals surface area (Å²) in [6.45, 7) is 7.27. The fourth-order valence-corrected chi connectivity index (χ4v) is 5.78. The van der Waals surface area contributed by atoms with Crippen LogP contribution >= 0.6 is 23.2 Å². The highest BCUT2D eigenvalue weighted by Gasteiger charge is 2.30. The Hall–Kier alpha value is -3.62. The van der Waals surface area contributed by atoms with Gasteiger partial charge in [-0.3, -0.25) is 0 Å². The summed E-state index contributed by atoms with van der Waals surface area (Å²) in [6.07, 6.45) is 3.88. The molecule has 4 aromatic rings. The molecule has 39 heavy (non-hydrogen) atoms. The Balaban J connectivity index is 1.75. The lowest BCUT2D eigenvalue weighted by Gasteiger charge is -2.29. The number of para-hydroxylation sites is 1. The van der Waals surface area contributed by atoms with Crippen LogP contribution in [0, 0.1) is 12.7 Å². The van der Waals surface area contributed by atoms with Gasteiger partial charge in [0.1, 0.15) is 11.6 Å². The van der Waals surface area contributed by atoms with E-state index in [4.69, 9.17) is 34.0 Å². The van der Waals surface area contributed by atoms with Crippen molar-refractivity contribution in [3.8, 4) is 16.9 Å². The number of rotatable bonds is 6. The first-order chi connectivity index (χ1) is 18.7. The summed E-state index contributed by atoms with van der Waals surface area (Å²) >= 11 is 12.6. The molecule has 0 spiro atoms. The third kappa shape index (κ3) is 5.06. The zero-order valence-electron chi connectivity index (χ0n) is 22.0. The van der Waals surface area contributed by atoms with Crippen molar-refractivity contribution in [1.29, 1.82) is 0 Å². The number of aromatic nitrogens is 3. The second kappa shape index (κ2) is 10.9. The average Bonchev–Trinajstić information content (AvgIpc) is 3.27. The van der Waals surface area contributed by atoms with E-state index in [-0.39, 0.29) is 5.69 Å². The van der Waals surface area contributed by atoms with E-state index in [2.05, 4.69) is 47.2 Å². The number of aryl methyl sites for hydroxylation is 3. The minimum absolute atomic E-state index is 0.0330. The number of urea groups is 1. The Kier molecular flexibility index (Phi) is 7.51. The molecule has 5 rings (SSSR count). The van der Waals surface area contributed by atoms with E-state index in [0.29, 0.717) is 40.9 Å². The Morgan fingerprint density at radius 2 is 1.87 bits per heavy atom. The highest BCUT2D eigenvalue weighted by atomic mass is 35.5. The first kappa shape index (κ1) is 27.0. The normalized spacial score (nSPS) is 12.9. The zero-order chi connectivity index (χ0) is 27.8. The van der Waals surface area contributed by atoms with Gasteiger partial charge in [0, 0.05) is 36.8 Å². The highest BCUT2D eigenvalue weighted by Crippen LogP contribution is 2.39. The van der Waals surface area contributed by atoms with Crippen LogP contribution in [0.3, 0.4) is 0 Å². The molecule has 1 aliphatic rings. The van der Waals surface area contributed by atoms with E-state index in [1.165, 1.54) is 6.07 Å². The first-order valence-electron chi connectivity index (χ1n) is 12.9. The number of anilines is 2. The third-order valence-corrected chi connectivity index (χ3v) is 7.61. The van der Waals surface area contributed by atoms with Crippen LogP contribution in [0.4, 0.5) is 20.7 Å². The molecule has 0 bridgehead atoms. The number of benzene rings is 2. The molecular formula is C29H29Cl2FN6O. The standard InChI is InChI=1S/C29H29Cl2FN6O/c1-4-17-7-6-8-18(5-2)26(17)38-27(20-13-23(32)25(11-16(20)3)35-29(33)39)21-15-37(10-9-24(21)36-38)28-22(31)12-19(30)14-34-28/h6-8,11-14H,4-5,9-10,15H2,1-3H3,(H3,33,35,39). The molecule has 0 fully saturated rings. The molecule has 0 unspecified atom stereocenters. The van der Waals surface area contributed by atoms with Gasteiger partial charge in [-0.15, -0.1) is 0 Å². The average molecular weight is 567 g/mol. The van der Waals surface area contributed by atoms with Gasteiger partial charge in [-0.25, -0.2) is 18.9 Å². The van der Waals surface area contributed by atoms with Gasteiger partial charge >= 0.3 is 6.03 Å². The van der Waals surface area contributed by atoms with Crippen molar-refractivity contribution in [2.75, 3.05) is 16.8 Å². The van der Waals surface area contributed by atoms with Gasteiger partial charge < -0.3 is 16.0 Å². The quantitative estimate of drug-likeness (QED) is 0.266. The van der Waals surface area contributed by atoms with Crippen LogP contribution < -0.4 is 16.0 Å². The fraction of sp³-hybridized carbons (Fsp3) is 0.276. The van der Waals surface area contributed by atoms with Gasteiger partial charge in [-0.05, 0) is 54.7 Å². The summed E-state index contributed by atoms with van der Waals surface area (Å²) in [5, 5.41) is 8.43. The molecule has 1 aliphatic heterocycles. The zero-order valence-corrected chi connectivity index (χ0v) is 23.5. The lowest BCUT2D eigenvalue weighted by molar-refractivity contribution is 0.259. The number of primary amides is 1. The van der Waals surface area contributed by atoms with Crippen LogP contribution in [0.1, 0.15) is 41.8 Å². The van der Waals surface area contributed by atoms with E-state index in [0.717, 1.165) is 52.2 Å². The van der Waals surface area contributed by atoms with Gasteiger partial charge in [0.05, 0.1) is 32.8 Å². The number of halogens is 3. The summed E-state index contributed by atoms with van der Waals surface area (Å²) in [5.41, 5.74) is 12.8. The Bertz CT molecular complexity index is 1560. The molecule has 3 heterocycles. The van der Waals surface area contributed by atoms with Gasteiger partial charge in [-0.1, -0.05) is 55.2 Å². The molecule has 0 saturated heterocycles. The molecule has 2 amide bonds. The van der Waals surface area contributed by atoms with Gasteiger partial charge in [0.15, 0.2) is 0 Å². The Morgan fingerprint density at radius 3 is 2.51 bits per heavy atom. The topological polar surface area (TPSA) is 89.1 Å². The SMILES string of the molecule is CCc1cccc(CC)c1-n1nc2c(c1-c1cc(F)c(NC(N)=O)cc1C)CN(c1ncc(Cl)cc1Cl)CC2. The second-order valence-electron chi connectivity index (χ2n) is 9.58. The first-order valence-corrected chi connectivity index (χ1v) is 13.6. The largest absolute Gasteiger partial charge is 0.351 e. The predicted octanol–water partition coefficient (Wildman–Crippen LogP) is 6.87. The molecule has 0 saturated carbocycles. The van der Waals surface area contributed by atoms with Crippen LogP contribution in [0.2, 0.25) is 10.0 Å². The minimum atomic E-state index is -0.823. The number of hydrogen-bond donors (Lipinski definition) is 2. The summed E-state index contributed by atoms with van der Waals surface area (Å²) in [6, 6.07) is 10.2. The number of carbonyl (C=O) groups is 1. The summed E-state index contributed by atoms with van der Waals surface area (Å²) < 4.78 is 17.3. The molecule has 0 aliphatic carbocycles. The van der Waals surface area contributed by atoms with Crippen LogP contribution in [0.5, 0.6) is 0 Å². The summed E-state index contributed by atoms with van der Waals surface area (Å²) in [4.78, 5) is 18.0. The van der Waals surface area contributed by atoms with E-state index in [1.54, 1.807) is 18.3 Å². The maximum Gasteiger partial charge on any atom is 0.316 e. The van der Waals surface area contributed by atoms with E-state index in [1.807, 2.05) is 11.6 Å². The molecule has 10 heteroatoms. The second-order valence-corrected chi connectivity index (χ2v) is 10.4. The van der Waals surface area contributed by atoms with E-state index in [9.17, 15) is 4.79 Å². The fourth-order valence-electron chi connectivity index (χ4n) is 5.28. The maximum absolute atomic E-state index is 15.3. The lowest BCUT2D eigenvalue weighted by Crippen LogP contribution is -2.31. The van der Waals surface area contributed by atoms with Crippen LogP contribution in [0.25, 0.3) is 16.9 Å². The van der Waals surface area contributed by atoms with Crippen molar-refractivity contribution >= 4 is 40.7 Å².